The lowest BCUT2D eigenvalue weighted by Gasteiger charge is -2.30. The number of rotatable bonds is 2. The van der Waals surface area contributed by atoms with Crippen molar-refractivity contribution in [3.05, 3.63) is 78.3 Å². The fourth-order valence-corrected chi connectivity index (χ4v) is 2.29. The van der Waals surface area contributed by atoms with Gasteiger partial charge < -0.3 is 11.1 Å². The van der Waals surface area contributed by atoms with E-state index in [4.69, 9.17) is 5.73 Å². The van der Waals surface area contributed by atoms with Crippen molar-refractivity contribution in [2.45, 2.75) is 5.54 Å². The van der Waals surface area contributed by atoms with Crippen LogP contribution >= 0.6 is 0 Å². The van der Waals surface area contributed by atoms with Gasteiger partial charge in [0.25, 0.3) is 0 Å². The molecule has 1 atom stereocenters. The van der Waals surface area contributed by atoms with Gasteiger partial charge in [-0.25, -0.2) is 4.99 Å². The predicted molar refractivity (Wildman–Crippen MR) is 75.4 cm³/mol. The molecule has 3 N–H and O–H groups in total. The summed E-state index contributed by atoms with van der Waals surface area (Å²) in [5.74, 6) is 0.406. The average molecular weight is 250 g/mol. The Hall–Kier alpha value is -2.62. The number of nitrogens with zero attached hydrogens (tertiary/aromatic N) is 2. The van der Waals surface area contributed by atoms with Crippen molar-refractivity contribution in [1.82, 2.24) is 10.3 Å². The second-order valence-corrected chi connectivity index (χ2v) is 4.34. The first kappa shape index (κ1) is 11.5. The molecule has 0 spiro atoms. The monoisotopic (exact) mass is 250 g/mol. The summed E-state index contributed by atoms with van der Waals surface area (Å²) in [5.41, 5.74) is 7.38. The molecule has 1 aliphatic rings. The summed E-state index contributed by atoms with van der Waals surface area (Å²) in [5, 5.41) is 2.91. The summed E-state index contributed by atoms with van der Waals surface area (Å²) < 4.78 is 0. The van der Waals surface area contributed by atoms with E-state index in [0.29, 0.717) is 5.96 Å². The predicted octanol–water partition coefficient (Wildman–Crippen LogP) is 1.76. The molecule has 0 saturated carbocycles. The van der Waals surface area contributed by atoms with Crippen molar-refractivity contribution in [3.8, 4) is 0 Å². The van der Waals surface area contributed by atoms with Crippen LogP contribution in [0.25, 0.3) is 0 Å². The molecule has 0 saturated heterocycles. The standard InChI is InChI=1S/C15H14N4/c16-14-18-11-8-15(19-14,12-4-2-1-3-5-12)13-6-9-17-10-7-13/h1-11H,(H3,16,18,19). The zero-order valence-corrected chi connectivity index (χ0v) is 10.3. The summed E-state index contributed by atoms with van der Waals surface area (Å²) in [6.45, 7) is 0. The van der Waals surface area contributed by atoms with E-state index in [1.54, 1.807) is 12.4 Å². The Balaban J connectivity index is 2.23. The van der Waals surface area contributed by atoms with Gasteiger partial charge in [-0.05, 0) is 29.3 Å². The SMILES string of the molecule is NC1=NC(c2ccccc2)(c2ccncc2)C=CN1. The maximum absolute atomic E-state index is 5.86. The lowest BCUT2D eigenvalue weighted by Crippen LogP contribution is -2.37. The fourth-order valence-electron chi connectivity index (χ4n) is 2.29. The molecule has 94 valence electrons. The lowest BCUT2D eigenvalue weighted by molar-refractivity contribution is 0.663. The number of guanidine groups is 1. The second-order valence-electron chi connectivity index (χ2n) is 4.34. The van der Waals surface area contributed by atoms with E-state index in [2.05, 4.69) is 15.3 Å². The number of aliphatic imine (C=N–C) groups is 1. The Morgan fingerprint density at radius 1 is 0.947 bits per heavy atom. The van der Waals surface area contributed by atoms with Crippen molar-refractivity contribution in [3.63, 3.8) is 0 Å². The molecule has 0 amide bonds. The van der Waals surface area contributed by atoms with E-state index >= 15 is 0 Å². The van der Waals surface area contributed by atoms with Crippen molar-refractivity contribution in [2.75, 3.05) is 0 Å². The van der Waals surface area contributed by atoms with Crippen LogP contribution < -0.4 is 11.1 Å². The zero-order chi connectivity index (χ0) is 13.1. The van der Waals surface area contributed by atoms with E-state index in [0.717, 1.165) is 11.1 Å². The number of nitrogens with two attached hydrogens (primary N) is 1. The number of pyridine rings is 1. The summed E-state index contributed by atoms with van der Waals surface area (Å²) in [6, 6.07) is 14.0. The summed E-state index contributed by atoms with van der Waals surface area (Å²) in [7, 11) is 0. The van der Waals surface area contributed by atoms with Crippen molar-refractivity contribution >= 4 is 5.96 Å². The van der Waals surface area contributed by atoms with Gasteiger partial charge in [0.2, 0.25) is 0 Å². The van der Waals surface area contributed by atoms with Crippen LogP contribution in [0.3, 0.4) is 0 Å². The Morgan fingerprint density at radius 2 is 1.63 bits per heavy atom. The van der Waals surface area contributed by atoms with E-state index in [-0.39, 0.29) is 0 Å². The van der Waals surface area contributed by atoms with Crippen LogP contribution in [-0.4, -0.2) is 10.9 Å². The summed E-state index contributed by atoms with van der Waals surface area (Å²) in [4.78, 5) is 8.69. The zero-order valence-electron chi connectivity index (χ0n) is 10.3. The molecular weight excluding hydrogens is 236 g/mol. The van der Waals surface area contributed by atoms with Gasteiger partial charge in [-0.15, -0.1) is 0 Å². The molecule has 4 nitrogen and oxygen atoms in total. The molecule has 1 unspecified atom stereocenters. The third-order valence-corrected chi connectivity index (χ3v) is 3.19. The molecule has 1 aromatic carbocycles. The molecule has 1 aliphatic heterocycles. The first-order chi connectivity index (χ1) is 9.31. The fraction of sp³-hybridized carbons (Fsp3) is 0.0667. The third kappa shape index (κ3) is 1.97. The molecular formula is C15H14N4. The Bertz CT molecular complexity index is 578. The van der Waals surface area contributed by atoms with Crippen LogP contribution in [-0.2, 0) is 5.54 Å². The Labute approximate surface area is 111 Å². The summed E-state index contributed by atoms with van der Waals surface area (Å²) >= 11 is 0. The van der Waals surface area contributed by atoms with Gasteiger partial charge in [0.05, 0.1) is 0 Å². The Kier molecular flexibility index (Phi) is 2.76. The minimum atomic E-state index is -0.584. The Morgan fingerprint density at radius 3 is 2.32 bits per heavy atom. The molecule has 0 fully saturated rings. The van der Waals surface area contributed by atoms with Gasteiger partial charge in [0.15, 0.2) is 5.96 Å². The van der Waals surface area contributed by atoms with E-state index in [9.17, 15) is 0 Å². The van der Waals surface area contributed by atoms with Crippen LogP contribution in [0, 0.1) is 0 Å². The highest BCUT2D eigenvalue weighted by molar-refractivity contribution is 5.81. The van der Waals surface area contributed by atoms with E-state index < -0.39 is 5.54 Å². The lowest BCUT2D eigenvalue weighted by atomic mass is 9.83. The number of benzene rings is 1. The topological polar surface area (TPSA) is 63.3 Å². The van der Waals surface area contributed by atoms with Crippen LogP contribution in [0.5, 0.6) is 0 Å². The molecule has 1 aromatic heterocycles. The van der Waals surface area contributed by atoms with Crippen molar-refractivity contribution in [1.29, 1.82) is 0 Å². The molecule has 0 bridgehead atoms. The van der Waals surface area contributed by atoms with Crippen molar-refractivity contribution < 1.29 is 0 Å². The van der Waals surface area contributed by atoms with Crippen LogP contribution in [0.1, 0.15) is 11.1 Å². The number of nitrogens with one attached hydrogen (secondary N) is 1. The van der Waals surface area contributed by atoms with Crippen LogP contribution in [0.4, 0.5) is 0 Å². The van der Waals surface area contributed by atoms with Crippen molar-refractivity contribution in [2.24, 2.45) is 10.7 Å². The van der Waals surface area contributed by atoms with Gasteiger partial charge in [-0.2, -0.15) is 0 Å². The smallest absolute Gasteiger partial charge is 0.194 e. The normalized spacial score (nSPS) is 21.6. The second kappa shape index (κ2) is 4.57. The molecule has 2 aromatic rings. The highest BCUT2D eigenvalue weighted by Crippen LogP contribution is 2.35. The van der Waals surface area contributed by atoms with E-state index in [1.165, 1.54) is 0 Å². The van der Waals surface area contributed by atoms with Gasteiger partial charge in [0.1, 0.15) is 5.54 Å². The quantitative estimate of drug-likeness (QED) is 0.853. The minimum absolute atomic E-state index is 0.406. The van der Waals surface area contributed by atoms with Crippen LogP contribution in [0.2, 0.25) is 0 Å². The molecule has 3 rings (SSSR count). The highest BCUT2D eigenvalue weighted by atomic mass is 15.1. The first-order valence-electron chi connectivity index (χ1n) is 6.07. The van der Waals surface area contributed by atoms with Crippen LogP contribution in [0.15, 0.2) is 72.1 Å². The van der Waals surface area contributed by atoms with E-state index in [1.807, 2.05) is 54.7 Å². The first-order valence-corrected chi connectivity index (χ1v) is 6.07. The number of aromatic nitrogens is 1. The van der Waals surface area contributed by atoms with Gasteiger partial charge in [0, 0.05) is 18.6 Å². The summed E-state index contributed by atoms with van der Waals surface area (Å²) in [6.07, 6.45) is 7.37. The third-order valence-electron chi connectivity index (χ3n) is 3.19. The molecule has 4 heteroatoms. The number of hydrogen-bond acceptors (Lipinski definition) is 4. The average Bonchev–Trinajstić information content (AvgIpc) is 2.49. The maximum Gasteiger partial charge on any atom is 0.194 e. The van der Waals surface area contributed by atoms with Gasteiger partial charge >= 0.3 is 0 Å². The minimum Gasteiger partial charge on any atom is -0.370 e. The largest absolute Gasteiger partial charge is 0.370 e. The van der Waals surface area contributed by atoms with Gasteiger partial charge in [-0.1, -0.05) is 30.3 Å². The molecule has 2 heterocycles. The molecule has 0 radical (unpaired) electrons. The molecule has 19 heavy (non-hydrogen) atoms. The maximum atomic E-state index is 5.86. The number of hydrogen-bond donors (Lipinski definition) is 2. The molecule has 0 aliphatic carbocycles. The highest BCUT2D eigenvalue weighted by Gasteiger charge is 2.33. The van der Waals surface area contributed by atoms with Gasteiger partial charge in [-0.3, -0.25) is 4.98 Å².